The van der Waals surface area contributed by atoms with Crippen LogP contribution >= 0.6 is 0 Å². The summed E-state index contributed by atoms with van der Waals surface area (Å²) in [5, 5.41) is 23.1. The van der Waals surface area contributed by atoms with Gasteiger partial charge in [0.05, 0.1) is 25.4 Å². The molecule has 388 valence electrons. The number of aliphatic hydroxyl groups excluding tert-OH is 2. The van der Waals surface area contributed by atoms with Crippen LogP contribution in [-0.2, 0) is 14.3 Å². The van der Waals surface area contributed by atoms with Crippen molar-refractivity contribution < 1.29 is 24.5 Å². The summed E-state index contributed by atoms with van der Waals surface area (Å²) in [7, 11) is 0. The Morgan fingerprint density at radius 2 is 0.758 bits per heavy atom. The summed E-state index contributed by atoms with van der Waals surface area (Å²) in [6, 6.07) is -0.634. The van der Waals surface area contributed by atoms with Crippen molar-refractivity contribution in [2.24, 2.45) is 0 Å². The minimum atomic E-state index is -0.850. The van der Waals surface area contributed by atoms with Crippen molar-refractivity contribution in [2.75, 3.05) is 13.2 Å². The van der Waals surface area contributed by atoms with Gasteiger partial charge in [-0.1, -0.05) is 269 Å². The van der Waals surface area contributed by atoms with Gasteiger partial charge < -0.3 is 20.3 Å². The molecule has 3 N–H and O–H groups in total. The van der Waals surface area contributed by atoms with Crippen LogP contribution in [0.1, 0.15) is 309 Å². The summed E-state index contributed by atoms with van der Waals surface area (Å²) in [6.07, 6.45) is 68.7. The number of aliphatic hydroxyl groups is 2. The van der Waals surface area contributed by atoms with E-state index < -0.39 is 12.1 Å². The number of rotatable bonds is 54. The zero-order valence-electron chi connectivity index (χ0n) is 44.2. The predicted molar refractivity (Wildman–Crippen MR) is 287 cm³/mol. The topological polar surface area (TPSA) is 95.9 Å². The van der Waals surface area contributed by atoms with E-state index in [2.05, 4.69) is 43.5 Å². The van der Waals surface area contributed by atoms with Gasteiger partial charge in [0.15, 0.2) is 0 Å². The van der Waals surface area contributed by atoms with E-state index in [1.165, 1.54) is 225 Å². The second kappa shape index (κ2) is 55.7. The van der Waals surface area contributed by atoms with Crippen LogP contribution in [-0.4, -0.2) is 47.4 Å². The molecule has 2 atom stereocenters. The van der Waals surface area contributed by atoms with E-state index >= 15 is 0 Å². The zero-order chi connectivity index (χ0) is 47.9. The standard InChI is InChI=1S/C60H113NO5/c1-3-5-7-9-11-13-15-17-19-20-21-25-28-32-36-40-44-48-52-58(63)57(56-62)61-59(64)53-49-45-41-37-33-29-26-22-23-27-31-35-39-43-47-51-55-66-60(65)54-50-46-42-38-34-30-24-18-16-14-12-10-8-6-4-2/h12,14,18,24,48,52,57-58,62-63H,3-11,13,15-17,19-23,25-47,49-51,53-56H2,1-2H3,(H,61,64)/b14-12-,24-18-,52-48+. The Bertz CT molecular complexity index is 1070. The number of amides is 1. The molecule has 0 spiro atoms. The molecule has 0 radical (unpaired) electrons. The fourth-order valence-electron chi connectivity index (χ4n) is 8.90. The maximum absolute atomic E-state index is 12.5. The SMILES string of the molecule is CCCCC/C=C\C/C=C\CCCCCCCC(=O)OCCCCCCCCCCCCCCCCCCC(=O)NC(CO)C(O)/C=C/CCCCCCCCCCCCCCCCCC. The molecular formula is C60H113NO5. The van der Waals surface area contributed by atoms with Gasteiger partial charge in [-0.25, -0.2) is 0 Å². The minimum absolute atomic E-state index is 0.0118. The van der Waals surface area contributed by atoms with Gasteiger partial charge in [0, 0.05) is 12.8 Å². The lowest BCUT2D eigenvalue weighted by atomic mass is 10.0. The van der Waals surface area contributed by atoms with Gasteiger partial charge in [-0.2, -0.15) is 0 Å². The molecule has 0 saturated carbocycles. The van der Waals surface area contributed by atoms with Crippen LogP contribution in [0, 0.1) is 0 Å². The summed E-state index contributed by atoms with van der Waals surface area (Å²) in [5.41, 5.74) is 0. The molecule has 0 rings (SSSR count). The third-order valence-corrected chi connectivity index (χ3v) is 13.4. The van der Waals surface area contributed by atoms with Crippen molar-refractivity contribution in [3.63, 3.8) is 0 Å². The number of hydrogen-bond donors (Lipinski definition) is 3. The Morgan fingerprint density at radius 3 is 1.18 bits per heavy atom. The third kappa shape index (κ3) is 51.5. The first-order valence-electron chi connectivity index (χ1n) is 29.3. The number of carbonyl (C=O) groups is 2. The van der Waals surface area contributed by atoms with Crippen molar-refractivity contribution >= 4 is 11.9 Å². The molecule has 0 aromatic heterocycles. The Morgan fingerprint density at radius 1 is 0.424 bits per heavy atom. The van der Waals surface area contributed by atoms with Gasteiger partial charge in [-0.3, -0.25) is 9.59 Å². The molecule has 0 aliphatic heterocycles. The van der Waals surface area contributed by atoms with Gasteiger partial charge in [0.1, 0.15) is 0 Å². The smallest absolute Gasteiger partial charge is 0.305 e. The molecule has 1 amide bonds. The van der Waals surface area contributed by atoms with Gasteiger partial charge in [0.25, 0.3) is 0 Å². The first-order valence-corrected chi connectivity index (χ1v) is 29.3. The highest BCUT2D eigenvalue weighted by Gasteiger charge is 2.18. The Labute approximate surface area is 411 Å². The maximum Gasteiger partial charge on any atom is 0.305 e. The van der Waals surface area contributed by atoms with Crippen LogP contribution in [0.25, 0.3) is 0 Å². The molecular weight excluding hydrogens is 815 g/mol. The number of hydrogen-bond acceptors (Lipinski definition) is 5. The van der Waals surface area contributed by atoms with Crippen LogP contribution in [0.15, 0.2) is 36.5 Å². The minimum Gasteiger partial charge on any atom is -0.466 e. The summed E-state index contributed by atoms with van der Waals surface area (Å²) in [4.78, 5) is 24.5. The van der Waals surface area contributed by atoms with Crippen molar-refractivity contribution in [3.8, 4) is 0 Å². The monoisotopic (exact) mass is 928 g/mol. The van der Waals surface area contributed by atoms with E-state index in [0.717, 1.165) is 57.8 Å². The molecule has 0 aromatic rings. The first-order chi connectivity index (χ1) is 32.5. The summed E-state index contributed by atoms with van der Waals surface area (Å²) >= 11 is 0. The average Bonchev–Trinajstić information content (AvgIpc) is 3.32. The number of nitrogens with one attached hydrogen (secondary N) is 1. The van der Waals surface area contributed by atoms with Crippen LogP contribution in [0.3, 0.4) is 0 Å². The number of allylic oxidation sites excluding steroid dienone is 5. The average molecular weight is 929 g/mol. The van der Waals surface area contributed by atoms with Crippen molar-refractivity contribution in [3.05, 3.63) is 36.5 Å². The molecule has 6 heteroatoms. The van der Waals surface area contributed by atoms with Gasteiger partial charge in [-0.05, 0) is 64.2 Å². The van der Waals surface area contributed by atoms with Crippen LogP contribution in [0.5, 0.6) is 0 Å². The molecule has 0 aromatic carbocycles. The highest BCUT2D eigenvalue weighted by atomic mass is 16.5. The third-order valence-electron chi connectivity index (χ3n) is 13.4. The second-order valence-electron chi connectivity index (χ2n) is 20.0. The fourth-order valence-corrected chi connectivity index (χ4v) is 8.90. The molecule has 2 unspecified atom stereocenters. The number of carbonyl (C=O) groups excluding carboxylic acids is 2. The van der Waals surface area contributed by atoms with E-state index in [-0.39, 0.29) is 18.5 Å². The summed E-state index contributed by atoms with van der Waals surface area (Å²) in [6.45, 7) is 4.87. The Hall–Kier alpha value is -1.92. The van der Waals surface area contributed by atoms with Crippen molar-refractivity contribution in [2.45, 2.75) is 321 Å². The highest BCUT2D eigenvalue weighted by molar-refractivity contribution is 5.76. The molecule has 66 heavy (non-hydrogen) atoms. The number of unbranched alkanes of at least 4 members (excludes halogenated alkanes) is 39. The summed E-state index contributed by atoms with van der Waals surface area (Å²) in [5.74, 6) is -0.0856. The van der Waals surface area contributed by atoms with E-state index in [0.29, 0.717) is 19.4 Å². The quantitative estimate of drug-likeness (QED) is 0.0321. The molecule has 0 fully saturated rings. The largest absolute Gasteiger partial charge is 0.466 e. The maximum atomic E-state index is 12.5. The van der Waals surface area contributed by atoms with Crippen LogP contribution in [0.4, 0.5) is 0 Å². The lowest BCUT2D eigenvalue weighted by molar-refractivity contribution is -0.143. The van der Waals surface area contributed by atoms with Crippen molar-refractivity contribution in [1.82, 2.24) is 5.32 Å². The van der Waals surface area contributed by atoms with Gasteiger partial charge in [0.2, 0.25) is 5.91 Å². The normalized spacial score (nSPS) is 12.8. The molecule has 0 aliphatic carbocycles. The zero-order valence-corrected chi connectivity index (χ0v) is 44.2. The molecule has 0 heterocycles. The lowest BCUT2D eigenvalue weighted by Crippen LogP contribution is -2.45. The van der Waals surface area contributed by atoms with E-state index in [1.54, 1.807) is 6.08 Å². The Kier molecular flexibility index (Phi) is 54.1. The molecule has 0 saturated heterocycles. The predicted octanol–water partition coefficient (Wildman–Crippen LogP) is 18.0. The van der Waals surface area contributed by atoms with E-state index in [9.17, 15) is 19.8 Å². The number of esters is 1. The Balaban J connectivity index is 3.47. The van der Waals surface area contributed by atoms with E-state index in [1.807, 2.05) is 6.08 Å². The molecule has 6 nitrogen and oxygen atoms in total. The number of ether oxygens (including phenoxy) is 1. The first kappa shape index (κ1) is 64.1. The van der Waals surface area contributed by atoms with Gasteiger partial charge in [-0.15, -0.1) is 0 Å². The second-order valence-corrected chi connectivity index (χ2v) is 20.0. The lowest BCUT2D eigenvalue weighted by Gasteiger charge is -2.20. The molecule has 0 bridgehead atoms. The van der Waals surface area contributed by atoms with E-state index in [4.69, 9.17) is 4.74 Å². The van der Waals surface area contributed by atoms with Crippen LogP contribution in [0.2, 0.25) is 0 Å². The fraction of sp³-hybridized carbons (Fsp3) is 0.867. The highest BCUT2D eigenvalue weighted by Crippen LogP contribution is 2.17. The van der Waals surface area contributed by atoms with Gasteiger partial charge >= 0.3 is 5.97 Å². The van der Waals surface area contributed by atoms with Crippen LogP contribution < -0.4 is 5.32 Å². The molecule has 0 aliphatic rings. The summed E-state index contributed by atoms with van der Waals surface area (Å²) < 4.78 is 5.47. The van der Waals surface area contributed by atoms with Crippen molar-refractivity contribution in [1.29, 1.82) is 0 Å².